The van der Waals surface area contributed by atoms with Gasteiger partial charge in [-0.1, -0.05) is 11.8 Å². The normalized spacial score (nSPS) is 13.3. The van der Waals surface area contributed by atoms with Crippen LogP contribution in [0.1, 0.15) is 0 Å². The van der Waals surface area contributed by atoms with E-state index in [1.807, 2.05) is 0 Å². The molecule has 5 heteroatoms. The van der Waals surface area contributed by atoms with Crippen LogP contribution in [0.25, 0.3) is 0 Å². The highest BCUT2D eigenvalue weighted by Gasteiger charge is 2.03. The fourth-order valence-corrected chi connectivity index (χ4v) is 1.54. The summed E-state index contributed by atoms with van der Waals surface area (Å²) >= 11 is 6.86. The number of thioether (sulfide) groups is 1. The summed E-state index contributed by atoms with van der Waals surface area (Å²) in [7, 11) is 0. The largest absolute Gasteiger partial charge is 0.391 e. The van der Waals surface area contributed by atoms with Crippen molar-refractivity contribution in [1.29, 1.82) is 0 Å². The fraction of sp³-hybridized carbons (Fsp3) is 0.500. The van der Waals surface area contributed by atoms with Gasteiger partial charge < -0.3 is 10.1 Å². The average molecular weight is 193 g/mol. The number of aromatic amines is 1. The monoisotopic (exact) mass is 192 g/mol. The molecule has 1 aromatic heterocycles. The van der Waals surface area contributed by atoms with Crippen molar-refractivity contribution in [3.8, 4) is 0 Å². The summed E-state index contributed by atoms with van der Waals surface area (Å²) in [6, 6.07) is 0. The lowest BCUT2D eigenvalue weighted by Crippen LogP contribution is -2.11. The SMILES string of the molecule is O[C@H](CCl)CSc1ncc[nH]1. The Morgan fingerprint density at radius 2 is 2.64 bits per heavy atom. The zero-order valence-corrected chi connectivity index (χ0v) is 7.40. The zero-order valence-electron chi connectivity index (χ0n) is 5.83. The smallest absolute Gasteiger partial charge is 0.165 e. The first-order valence-corrected chi connectivity index (χ1v) is 4.71. The van der Waals surface area contributed by atoms with Gasteiger partial charge in [0.2, 0.25) is 0 Å². The molecule has 0 fully saturated rings. The van der Waals surface area contributed by atoms with Crippen molar-refractivity contribution in [1.82, 2.24) is 9.97 Å². The third kappa shape index (κ3) is 3.14. The second-order valence-corrected chi connectivity index (χ2v) is 3.33. The number of imidazole rings is 1. The van der Waals surface area contributed by atoms with Crippen molar-refractivity contribution in [2.75, 3.05) is 11.6 Å². The summed E-state index contributed by atoms with van der Waals surface area (Å²) in [4.78, 5) is 6.89. The van der Waals surface area contributed by atoms with E-state index in [0.29, 0.717) is 5.75 Å². The molecule has 1 aromatic rings. The lowest BCUT2D eigenvalue weighted by Gasteiger charge is -2.02. The molecule has 1 rings (SSSR count). The van der Waals surface area contributed by atoms with Crippen LogP contribution in [-0.4, -0.2) is 32.8 Å². The van der Waals surface area contributed by atoms with Crippen LogP contribution in [0.2, 0.25) is 0 Å². The van der Waals surface area contributed by atoms with Crippen LogP contribution in [0.15, 0.2) is 17.6 Å². The number of nitrogens with zero attached hydrogens (tertiary/aromatic N) is 1. The van der Waals surface area contributed by atoms with Crippen LogP contribution >= 0.6 is 23.4 Å². The zero-order chi connectivity index (χ0) is 8.10. The lowest BCUT2D eigenvalue weighted by molar-refractivity contribution is 0.223. The minimum Gasteiger partial charge on any atom is -0.391 e. The van der Waals surface area contributed by atoms with Crippen LogP contribution < -0.4 is 0 Å². The van der Waals surface area contributed by atoms with E-state index in [1.165, 1.54) is 11.8 Å². The Morgan fingerprint density at radius 1 is 1.82 bits per heavy atom. The molecule has 3 nitrogen and oxygen atoms in total. The third-order valence-corrected chi connectivity index (χ3v) is 2.47. The number of alkyl halides is 1. The first-order valence-electron chi connectivity index (χ1n) is 3.19. The van der Waals surface area contributed by atoms with E-state index < -0.39 is 6.10 Å². The van der Waals surface area contributed by atoms with Crippen molar-refractivity contribution in [3.05, 3.63) is 12.4 Å². The first kappa shape index (κ1) is 8.90. The molecule has 0 radical (unpaired) electrons. The van der Waals surface area contributed by atoms with Gasteiger partial charge >= 0.3 is 0 Å². The molecule has 0 bridgehead atoms. The number of rotatable bonds is 4. The molecule has 0 aliphatic carbocycles. The molecule has 62 valence electrons. The van der Waals surface area contributed by atoms with Crippen LogP contribution in [0.3, 0.4) is 0 Å². The number of hydrogen-bond donors (Lipinski definition) is 2. The number of aliphatic hydroxyl groups is 1. The minimum atomic E-state index is -0.452. The van der Waals surface area contributed by atoms with E-state index in [4.69, 9.17) is 16.7 Å². The number of hydrogen-bond acceptors (Lipinski definition) is 3. The van der Waals surface area contributed by atoms with Crippen LogP contribution in [-0.2, 0) is 0 Å². The molecular weight excluding hydrogens is 184 g/mol. The molecule has 0 saturated carbocycles. The fourth-order valence-electron chi connectivity index (χ4n) is 0.549. The summed E-state index contributed by atoms with van der Waals surface area (Å²) in [5.41, 5.74) is 0. The van der Waals surface area contributed by atoms with E-state index in [0.717, 1.165) is 5.16 Å². The molecule has 1 heterocycles. The number of H-pyrrole nitrogens is 1. The minimum absolute atomic E-state index is 0.272. The molecule has 0 saturated heterocycles. The van der Waals surface area contributed by atoms with Gasteiger partial charge in [-0.25, -0.2) is 4.98 Å². The second-order valence-electron chi connectivity index (χ2n) is 2.01. The highest BCUT2D eigenvalue weighted by molar-refractivity contribution is 7.99. The summed E-state index contributed by atoms with van der Waals surface area (Å²) in [5, 5.41) is 9.88. The summed E-state index contributed by atoms with van der Waals surface area (Å²) in [6.45, 7) is 0. The van der Waals surface area contributed by atoms with E-state index in [2.05, 4.69) is 9.97 Å². The molecule has 0 amide bonds. The van der Waals surface area contributed by atoms with Crippen LogP contribution in [0.5, 0.6) is 0 Å². The molecule has 0 unspecified atom stereocenters. The summed E-state index contributed by atoms with van der Waals surface area (Å²) in [6.07, 6.45) is 2.97. The highest BCUT2D eigenvalue weighted by atomic mass is 35.5. The van der Waals surface area contributed by atoms with Gasteiger partial charge in [0, 0.05) is 24.0 Å². The highest BCUT2D eigenvalue weighted by Crippen LogP contribution is 2.12. The van der Waals surface area contributed by atoms with Gasteiger partial charge in [0.25, 0.3) is 0 Å². The Balaban J connectivity index is 2.23. The third-order valence-electron chi connectivity index (χ3n) is 1.06. The van der Waals surface area contributed by atoms with Gasteiger partial charge in [0.05, 0.1) is 6.10 Å². The predicted molar refractivity (Wildman–Crippen MR) is 46.0 cm³/mol. The van der Waals surface area contributed by atoms with Crippen molar-refractivity contribution in [3.63, 3.8) is 0 Å². The Labute approximate surface area is 74.2 Å². The van der Waals surface area contributed by atoms with Gasteiger partial charge in [0.15, 0.2) is 5.16 Å². The lowest BCUT2D eigenvalue weighted by atomic mass is 10.5. The maximum absolute atomic E-state index is 9.06. The molecule has 1 atom stereocenters. The van der Waals surface area contributed by atoms with Gasteiger partial charge in [-0.3, -0.25) is 0 Å². The standard InChI is InChI=1S/C6H9ClN2OS/c7-3-5(10)4-11-6-8-1-2-9-6/h1-2,5,10H,3-4H2,(H,8,9)/t5-/m1/s1. The van der Waals surface area contributed by atoms with Gasteiger partial charge in [0.1, 0.15) is 0 Å². The van der Waals surface area contributed by atoms with Crippen molar-refractivity contribution >= 4 is 23.4 Å². The van der Waals surface area contributed by atoms with E-state index in [-0.39, 0.29) is 5.88 Å². The topological polar surface area (TPSA) is 48.9 Å². The van der Waals surface area contributed by atoms with Gasteiger partial charge in [-0.2, -0.15) is 0 Å². The Morgan fingerprint density at radius 3 is 3.18 bits per heavy atom. The summed E-state index contributed by atoms with van der Waals surface area (Å²) in [5.74, 6) is 0.852. The predicted octanol–water partition coefficient (Wildman–Crippen LogP) is 1.10. The molecular formula is C6H9ClN2OS. The maximum Gasteiger partial charge on any atom is 0.165 e. The van der Waals surface area contributed by atoms with E-state index in [1.54, 1.807) is 12.4 Å². The Hall–Kier alpha value is -0.190. The first-order chi connectivity index (χ1) is 5.33. The Bertz CT molecular complexity index is 192. The van der Waals surface area contributed by atoms with Gasteiger partial charge in [-0.15, -0.1) is 11.6 Å². The maximum atomic E-state index is 9.06. The molecule has 2 N–H and O–H groups in total. The molecule has 0 aliphatic rings. The summed E-state index contributed by atoms with van der Waals surface area (Å²) < 4.78 is 0. The second kappa shape index (κ2) is 4.64. The van der Waals surface area contributed by atoms with Crippen molar-refractivity contribution < 1.29 is 5.11 Å². The van der Waals surface area contributed by atoms with E-state index >= 15 is 0 Å². The number of aliphatic hydroxyl groups excluding tert-OH is 1. The van der Waals surface area contributed by atoms with E-state index in [9.17, 15) is 0 Å². The van der Waals surface area contributed by atoms with Crippen LogP contribution in [0.4, 0.5) is 0 Å². The molecule has 11 heavy (non-hydrogen) atoms. The van der Waals surface area contributed by atoms with Crippen molar-refractivity contribution in [2.45, 2.75) is 11.3 Å². The van der Waals surface area contributed by atoms with Crippen molar-refractivity contribution in [2.24, 2.45) is 0 Å². The molecule has 0 aromatic carbocycles. The van der Waals surface area contributed by atoms with Crippen LogP contribution in [0, 0.1) is 0 Å². The number of halogens is 1. The molecule has 0 spiro atoms. The number of nitrogens with one attached hydrogen (secondary N) is 1. The van der Waals surface area contributed by atoms with Gasteiger partial charge in [-0.05, 0) is 0 Å². The average Bonchev–Trinajstić information content (AvgIpc) is 2.52. The quantitative estimate of drug-likeness (QED) is 0.555. The Kier molecular flexibility index (Phi) is 3.76. The number of aromatic nitrogens is 2. The molecule has 0 aliphatic heterocycles.